The first-order valence-corrected chi connectivity index (χ1v) is 8.10. The molecule has 1 saturated carbocycles. The highest BCUT2D eigenvalue weighted by Crippen LogP contribution is 2.38. The number of carbonyl (C=O) groups is 1. The molecule has 0 atom stereocenters. The number of halogens is 1. The summed E-state index contributed by atoms with van der Waals surface area (Å²) in [6, 6.07) is 7.70. The standard InChI is InChI=1S/C14H15ClN4OS/c1-9-17-18-14(19(9)10-6-7-10)21-8-13(20)16-12-5-3-2-4-11(12)15/h2-5,10H,6-8H2,1H3,(H,16,20). The number of thioether (sulfide) groups is 1. The molecule has 5 nitrogen and oxygen atoms in total. The van der Waals surface area contributed by atoms with Crippen molar-refractivity contribution in [1.82, 2.24) is 14.8 Å². The van der Waals surface area contributed by atoms with Crippen molar-refractivity contribution in [1.29, 1.82) is 0 Å². The Balaban J connectivity index is 1.60. The topological polar surface area (TPSA) is 59.8 Å². The van der Waals surface area contributed by atoms with Gasteiger partial charge in [0.05, 0.1) is 16.5 Å². The van der Waals surface area contributed by atoms with Crippen LogP contribution in [0.2, 0.25) is 5.02 Å². The van der Waals surface area contributed by atoms with Gasteiger partial charge in [0.15, 0.2) is 5.16 Å². The third kappa shape index (κ3) is 3.39. The molecule has 1 fully saturated rings. The number of hydrogen-bond acceptors (Lipinski definition) is 4. The van der Waals surface area contributed by atoms with Gasteiger partial charge in [-0.2, -0.15) is 0 Å². The lowest BCUT2D eigenvalue weighted by atomic mass is 10.3. The van der Waals surface area contributed by atoms with Crippen molar-refractivity contribution < 1.29 is 4.79 Å². The summed E-state index contributed by atoms with van der Waals surface area (Å²) < 4.78 is 2.12. The van der Waals surface area contributed by atoms with Crippen LogP contribution in [0.1, 0.15) is 24.7 Å². The molecule has 0 aliphatic heterocycles. The van der Waals surface area contributed by atoms with Gasteiger partial charge in [0.2, 0.25) is 5.91 Å². The fourth-order valence-electron chi connectivity index (χ4n) is 2.08. The number of rotatable bonds is 5. The summed E-state index contributed by atoms with van der Waals surface area (Å²) in [4.78, 5) is 12.0. The van der Waals surface area contributed by atoms with Crippen LogP contribution in [0.25, 0.3) is 0 Å². The Labute approximate surface area is 132 Å². The van der Waals surface area contributed by atoms with Crippen molar-refractivity contribution in [3.8, 4) is 0 Å². The minimum Gasteiger partial charge on any atom is -0.324 e. The summed E-state index contributed by atoms with van der Waals surface area (Å²) in [5, 5.41) is 12.4. The van der Waals surface area contributed by atoms with Gasteiger partial charge < -0.3 is 9.88 Å². The van der Waals surface area contributed by atoms with Gasteiger partial charge in [0.1, 0.15) is 5.82 Å². The molecule has 1 heterocycles. The maximum atomic E-state index is 12.0. The molecule has 110 valence electrons. The van der Waals surface area contributed by atoms with Crippen LogP contribution in [0, 0.1) is 6.92 Å². The van der Waals surface area contributed by atoms with Crippen molar-refractivity contribution in [3.63, 3.8) is 0 Å². The van der Waals surface area contributed by atoms with E-state index in [1.165, 1.54) is 11.8 Å². The number of nitrogens with one attached hydrogen (secondary N) is 1. The van der Waals surface area contributed by atoms with Crippen molar-refractivity contribution in [3.05, 3.63) is 35.1 Å². The summed E-state index contributed by atoms with van der Waals surface area (Å²) in [5.74, 6) is 1.10. The molecule has 1 amide bonds. The predicted molar refractivity (Wildman–Crippen MR) is 83.8 cm³/mol. The van der Waals surface area contributed by atoms with Crippen LogP contribution >= 0.6 is 23.4 Å². The highest BCUT2D eigenvalue weighted by atomic mass is 35.5. The molecule has 1 aromatic heterocycles. The first kappa shape index (κ1) is 14.4. The van der Waals surface area contributed by atoms with E-state index < -0.39 is 0 Å². The van der Waals surface area contributed by atoms with Crippen molar-refractivity contribution >= 4 is 35.0 Å². The van der Waals surface area contributed by atoms with Gasteiger partial charge in [-0.25, -0.2) is 0 Å². The molecule has 0 bridgehead atoms. The zero-order chi connectivity index (χ0) is 14.8. The molecule has 1 aromatic carbocycles. The average Bonchev–Trinajstić information content (AvgIpc) is 3.23. The highest BCUT2D eigenvalue weighted by molar-refractivity contribution is 7.99. The highest BCUT2D eigenvalue weighted by Gasteiger charge is 2.28. The number of aromatic nitrogens is 3. The first-order valence-electron chi connectivity index (χ1n) is 6.74. The molecule has 0 radical (unpaired) electrons. The van der Waals surface area contributed by atoms with Crippen LogP contribution in [0.5, 0.6) is 0 Å². The van der Waals surface area contributed by atoms with Gasteiger partial charge >= 0.3 is 0 Å². The predicted octanol–water partition coefficient (Wildman–Crippen LogP) is 3.31. The number of para-hydroxylation sites is 1. The van der Waals surface area contributed by atoms with Crippen molar-refractivity contribution in [2.24, 2.45) is 0 Å². The summed E-state index contributed by atoms with van der Waals surface area (Å²) in [6.45, 7) is 1.94. The van der Waals surface area contributed by atoms with E-state index in [0.29, 0.717) is 16.8 Å². The maximum absolute atomic E-state index is 12.0. The molecule has 7 heteroatoms. The Bertz CT molecular complexity index is 669. The van der Waals surface area contributed by atoms with E-state index in [1.807, 2.05) is 19.1 Å². The van der Waals surface area contributed by atoms with E-state index in [0.717, 1.165) is 23.8 Å². The molecular weight excluding hydrogens is 308 g/mol. The van der Waals surface area contributed by atoms with E-state index in [2.05, 4.69) is 20.1 Å². The quantitative estimate of drug-likeness (QED) is 0.858. The Hall–Kier alpha value is -1.53. The second-order valence-electron chi connectivity index (χ2n) is 4.95. The number of aryl methyl sites for hydroxylation is 1. The lowest BCUT2D eigenvalue weighted by Gasteiger charge is -2.08. The van der Waals surface area contributed by atoms with Gasteiger partial charge in [-0.15, -0.1) is 10.2 Å². The molecule has 2 aromatic rings. The van der Waals surface area contributed by atoms with E-state index in [4.69, 9.17) is 11.6 Å². The van der Waals surface area contributed by atoms with Crippen LogP contribution in [0.15, 0.2) is 29.4 Å². The van der Waals surface area contributed by atoms with Crippen LogP contribution in [-0.2, 0) is 4.79 Å². The largest absolute Gasteiger partial charge is 0.324 e. The van der Waals surface area contributed by atoms with E-state index >= 15 is 0 Å². The Morgan fingerprint density at radius 1 is 1.43 bits per heavy atom. The van der Waals surface area contributed by atoms with E-state index in [-0.39, 0.29) is 11.7 Å². The molecule has 21 heavy (non-hydrogen) atoms. The number of amides is 1. The third-order valence-corrected chi connectivity index (χ3v) is 4.50. The minimum absolute atomic E-state index is 0.101. The Morgan fingerprint density at radius 2 is 2.19 bits per heavy atom. The summed E-state index contributed by atoms with van der Waals surface area (Å²) >= 11 is 7.42. The van der Waals surface area contributed by atoms with Crippen molar-refractivity contribution in [2.45, 2.75) is 31.0 Å². The van der Waals surface area contributed by atoms with Gasteiger partial charge in [0.25, 0.3) is 0 Å². The van der Waals surface area contributed by atoms with Gasteiger partial charge in [-0.05, 0) is 31.9 Å². The number of anilines is 1. The Kier molecular flexibility index (Phi) is 4.17. The lowest BCUT2D eigenvalue weighted by molar-refractivity contribution is -0.113. The number of hydrogen-bond donors (Lipinski definition) is 1. The summed E-state index contributed by atoms with van der Waals surface area (Å²) in [5.41, 5.74) is 0.629. The van der Waals surface area contributed by atoms with Gasteiger partial charge in [0, 0.05) is 6.04 Å². The Morgan fingerprint density at radius 3 is 2.90 bits per heavy atom. The fourth-order valence-corrected chi connectivity index (χ4v) is 3.11. The number of carbonyl (C=O) groups excluding carboxylic acids is 1. The second-order valence-corrected chi connectivity index (χ2v) is 6.30. The summed E-state index contributed by atoms with van der Waals surface area (Å²) in [7, 11) is 0. The third-order valence-electron chi connectivity index (χ3n) is 3.23. The van der Waals surface area contributed by atoms with Crippen LogP contribution in [0.3, 0.4) is 0 Å². The molecule has 1 N–H and O–H groups in total. The molecule has 1 aliphatic rings. The first-order chi connectivity index (χ1) is 10.1. The number of nitrogens with zero attached hydrogens (tertiary/aromatic N) is 3. The van der Waals surface area contributed by atoms with Crippen molar-refractivity contribution in [2.75, 3.05) is 11.1 Å². The minimum atomic E-state index is -0.101. The summed E-state index contributed by atoms with van der Waals surface area (Å²) in [6.07, 6.45) is 2.33. The van der Waals surface area contributed by atoms with Gasteiger partial charge in [-0.3, -0.25) is 4.79 Å². The van der Waals surface area contributed by atoms with Crippen LogP contribution in [-0.4, -0.2) is 26.4 Å². The van der Waals surface area contributed by atoms with E-state index in [9.17, 15) is 4.79 Å². The van der Waals surface area contributed by atoms with Crippen LogP contribution in [0.4, 0.5) is 5.69 Å². The van der Waals surface area contributed by atoms with E-state index in [1.54, 1.807) is 12.1 Å². The molecule has 0 unspecified atom stereocenters. The average molecular weight is 323 g/mol. The lowest BCUT2D eigenvalue weighted by Crippen LogP contribution is -2.15. The zero-order valence-electron chi connectivity index (χ0n) is 11.5. The molecular formula is C14H15ClN4OS. The molecule has 3 rings (SSSR count). The monoisotopic (exact) mass is 322 g/mol. The zero-order valence-corrected chi connectivity index (χ0v) is 13.1. The fraction of sp³-hybridized carbons (Fsp3) is 0.357. The molecule has 0 spiro atoms. The maximum Gasteiger partial charge on any atom is 0.234 e. The second kappa shape index (κ2) is 6.07. The SMILES string of the molecule is Cc1nnc(SCC(=O)Nc2ccccc2Cl)n1C1CC1. The smallest absolute Gasteiger partial charge is 0.234 e. The molecule has 0 saturated heterocycles. The van der Waals surface area contributed by atoms with Crippen LogP contribution < -0.4 is 5.32 Å². The van der Waals surface area contributed by atoms with Gasteiger partial charge in [-0.1, -0.05) is 35.5 Å². The molecule has 1 aliphatic carbocycles. The normalized spacial score (nSPS) is 14.2. The number of benzene rings is 1.